The third-order valence-corrected chi connectivity index (χ3v) is 3.33. The van der Waals surface area contributed by atoms with Gasteiger partial charge in [-0.25, -0.2) is 4.39 Å². The lowest BCUT2D eigenvalue weighted by atomic mass is 9.93. The Bertz CT molecular complexity index is 513. The van der Waals surface area contributed by atoms with E-state index >= 15 is 0 Å². The normalized spacial score (nSPS) is 12.4. The summed E-state index contributed by atoms with van der Waals surface area (Å²) in [6.45, 7) is 0.0108. The Kier molecular flexibility index (Phi) is 4.34. The van der Waals surface area contributed by atoms with Crippen molar-refractivity contribution in [3.8, 4) is 0 Å². The molecule has 0 saturated heterocycles. The highest BCUT2D eigenvalue weighted by Gasteiger charge is 2.13. The fourth-order valence-corrected chi connectivity index (χ4v) is 2.17. The van der Waals surface area contributed by atoms with E-state index in [0.717, 1.165) is 11.1 Å². The quantitative estimate of drug-likeness (QED) is 0.891. The van der Waals surface area contributed by atoms with Crippen LogP contribution in [0.1, 0.15) is 17.0 Å². The van der Waals surface area contributed by atoms with Gasteiger partial charge in [0.25, 0.3) is 0 Å². The molecule has 0 amide bonds. The zero-order valence-corrected chi connectivity index (χ0v) is 10.6. The van der Waals surface area contributed by atoms with Crippen LogP contribution in [0.2, 0.25) is 5.02 Å². The van der Waals surface area contributed by atoms with Gasteiger partial charge in [0.15, 0.2) is 0 Å². The minimum Gasteiger partial charge on any atom is -0.396 e. The van der Waals surface area contributed by atoms with Crippen molar-refractivity contribution in [2.24, 2.45) is 0 Å². The molecule has 1 nitrogen and oxygen atoms in total. The van der Waals surface area contributed by atoms with Crippen molar-refractivity contribution in [3.05, 3.63) is 70.5 Å². The molecule has 0 spiro atoms. The number of halogens is 2. The van der Waals surface area contributed by atoms with Crippen molar-refractivity contribution in [1.82, 2.24) is 0 Å². The first kappa shape index (κ1) is 13.1. The third kappa shape index (κ3) is 3.09. The van der Waals surface area contributed by atoms with Crippen molar-refractivity contribution in [2.45, 2.75) is 12.3 Å². The van der Waals surface area contributed by atoms with Gasteiger partial charge in [0.2, 0.25) is 0 Å². The molecule has 1 atom stereocenters. The summed E-state index contributed by atoms with van der Waals surface area (Å²) in [7, 11) is 0. The summed E-state index contributed by atoms with van der Waals surface area (Å²) < 4.78 is 13.2. The van der Waals surface area contributed by atoms with Crippen molar-refractivity contribution in [2.75, 3.05) is 6.61 Å². The molecule has 2 aromatic rings. The van der Waals surface area contributed by atoms with Crippen LogP contribution in [0, 0.1) is 5.82 Å². The van der Waals surface area contributed by atoms with Crippen LogP contribution in [-0.4, -0.2) is 11.7 Å². The molecule has 0 heterocycles. The summed E-state index contributed by atoms with van der Waals surface area (Å²) in [5.41, 5.74) is 1.75. The lowest BCUT2D eigenvalue weighted by Gasteiger charge is -2.15. The van der Waals surface area contributed by atoms with Gasteiger partial charge >= 0.3 is 0 Å². The Labute approximate surface area is 111 Å². The molecule has 2 aromatic carbocycles. The van der Waals surface area contributed by atoms with Gasteiger partial charge in [0.05, 0.1) is 6.61 Å². The van der Waals surface area contributed by atoms with E-state index < -0.39 is 0 Å². The summed E-state index contributed by atoms with van der Waals surface area (Å²) >= 11 is 6.04. The Morgan fingerprint density at radius 2 is 1.83 bits per heavy atom. The Hall–Kier alpha value is -1.38. The van der Waals surface area contributed by atoms with Crippen molar-refractivity contribution < 1.29 is 9.50 Å². The predicted molar refractivity (Wildman–Crippen MR) is 71.4 cm³/mol. The molecule has 1 unspecified atom stereocenters. The molecular weight excluding hydrogens is 251 g/mol. The smallest absolute Gasteiger partial charge is 0.123 e. The van der Waals surface area contributed by atoms with Crippen molar-refractivity contribution in [1.29, 1.82) is 0 Å². The highest BCUT2D eigenvalue weighted by atomic mass is 35.5. The van der Waals surface area contributed by atoms with Crippen LogP contribution < -0.4 is 0 Å². The summed E-state index contributed by atoms with van der Waals surface area (Å²) in [6, 6.07) is 14.0. The standard InChI is InChI=1S/C15H14ClFO/c16-15-7-6-14(17)9-12(15)8-13(10-18)11-4-2-1-3-5-11/h1-7,9,13,18H,8,10H2. The first-order chi connectivity index (χ1) is 8.70. The fourth-order valence-electron chi connectivity index (χ4n) is 1.98. The molecule has 3 heteroatoms. The second-order valence-corrected chi connectivity index (χ2v) is 4.64. The average molecular weight is 265 g/mol. The van der Waals surface area contributed by atoms with Crippen LogP contribution in [0.15, 0.2) is 48.5 Å². The summed E-state index contributed by atoms with van der Waals surface area (Å²) in [6.07, 6.45) is 0.525. The van der Waals surface area contributed by atoms with Gasteiger partial charge in [-0.15, -0.1) is 0 Å². The largest absolute Gasteiger partial charge is 0.396 e. The van der Waals surface area contributed by atoms with Gasteiger partial charge in [0, 0.05) is 10.9 Å². The molecule has 0 bridgehead atoms. The van der Waals surface area contributed by atoms with Gasteiger partial charge < -0.3 is 5.11 Å². The maximum absolute atomic E-state index is 13.2. The second-order valence-electron chi connectivity index (χ2n) is 4.23. The molecule has 0 radical (unpaired) electrons. The number of rotatable bonds is 4. The number of benzene rings is 2. The Morgan fingerprint density at radius 1 is 1.11 bits per heavy atom. The molecule has 1 N–H and O–H groups in total. The SMILES string of the molecule is OCC(Cc1cc(F)ccc1Cl)c1ccccc1. The van der Waals surface area contributed by atoms with Crippen molar-refractivity contribution in [3.63, 3.8) is 0 Å². The minimum atomic E-state index is -0.306. The number of aliphatic hydroxyl groups is 1. The summed E-state index contributed by atoms with van der Waals surface area (Å²) in [4.78, 5) is 0. The van der Waals surface area contributed by atoms with Gasteiger partial charge in [-0.05, 0) is 35.7 Å². The molecule has 18 heavy (non-hydrogen) atoms. The summed E-state index contributed by atoms with van der Waals surface area (Å²) in [5, 5.41) is 10.00. The molecular formula is C15H14ClFO. The topological polar surface area (TPSA) is 20.2 Å². The van der Waals surface area contributed by atoms with Crippen molar-refractivity contribution >= 4 is 11.6 Å². The van der Waals surface area contributed by atoms with Crippen LogP contribution >= 0.6 is 11.6 Å². The van der Waals surface area contributed by atoms with Crippen LogP contribution in [0.25, 0.3) is 0 Å². The number of hydrogen-bond acceptors (Lipinski definition) is 1. The van der Waals surface area contributed by atoms with Crippen LogP contribution in [0.5, 0.6) is 0 Å². The first-order valence-electron chi connectivity index (χ1n) is 5.80. The van der Waals surface area contributed by atoms with E-state index in [0.29, 0.717) is 11.4 Å². The van der Waals surface area contributed by atoms with E-state index in [4.69, 9.17) is 11.6 Å². The maximum Gasteiger partial charge on any atom is 0.123 e. The average Bonchev–Trinajstić information content (AvgIpc) is 2.41. The monoisotopic (exact) mass is 264 g/mol. The number of aliphatic hydroxyl groups excluding tert-OH is 1. The van der Waals surface area contributed by atoms with Gasteiger partial charge in [-0.1, -0.05) is 41.9 Å². The molecule has 0 aliphatic carbocycles. The Morgan fingerprint density at radius 3 is 2.50 bits per heavy atom. The van der Waals surface area contributed by atoms with Crippen LogP contribution in [0.3, 0.4) is 0 Å². The first-order valence-corrected chi connectivity index (χ1v) is 6.18. The lowest BCUT2D eigenvalue weighted by molar-refractivity contribution is 0.264. The molecule has 2 rings (SSSR count). The molecule has 0 aliphatic rings. The maximum atomic E-state index is 13.2. The van der Waals surface area contributed by atoms with Gasteiger partial charge in [-0.2, -0.15) is 0 Å². The molecule has 0 fully saturated rings. The Balaban J connectivity index is 2.23. The van der Waals surface area contributed by atoms with Gasteiger partial charge in [-0.3, -0.25) is 0 Å². The number of hydrogen-bond donors (Lipinski definition) is 1. The molecule has 0 aromatic heterocycles. The lowest BCUT2D eigenvalue weighted by Crippen LogP contribution is -2.08. The van der Waals surface area contributed by atoms with E-state index in [1.54, 1.807) is 6.07 Å². The fraction of sp³-hybridized carbons (Fsp3) is 0.200. The zero-order valence-electron chi connectivity index (χ0n) is 9.81. The zero-order chi connectivity index (χ0) is 13.0. The summed E-state index contributed by atoms with van der Waals surface area (Å²) in [5.74, 6) is -0.371. The molecule has 0 aliphatic heterocycles. The second kappa shape index (κ2) is 5.98. The van der Waals surface area contributed by atoms with E-state index in [9.17, 15) is 9.50 Å². The van der Waals surface area contributed by atoms with Crippen LogP contribution in [-0.2, 0) is 6.42 Å². The minimum absolute atomic E-state index is 0.0108. The van der Waals surface area contributed by atoms with E-state index in [1.807, 2.05) is 30.3 Å². The van der Waals surface area contributed by atoms with Crippen LogP contribution in [0.4, 0.5) is 4.39 Å². The van der Waals surface area contributed by atoms with Gasteiger partial charge in [0.1, 0.15) is 5.82 Å². The highest BCUT2D eigenvalue weighted by molar-refractivity contribution is 6.31. The highest BCUT2D eigenvalue weighted by Crippen LogP contribution is 2.25. The van der Waals surface area contributed by atoms with E-state index in [1.165, 1.54) is 12.1 Å². The van der Waals surface area contributed by atoms with E-state index in [-0.39, 0.29) is 18.3 Å². The molecule has 0 saturated carbocycles. The third-order valence-electron chi connectivity index (χ3n) is 2.97. The predicted octanol–water partition coefficient (Wildman–Crippen LogP) is 3.80. The van der Waals surface area contributed by atoms with E-state index in [2.05, 4.69) is 0 Å². The molecule has 94 valence electrons.